The summed E-state index contributed by atoms with van der Waals surface area (Å²) >= 11 is 0. The largest absolute Gasteiger partial charge is 0.624 e. The quantitative estimate of drug-likeness (QED) is 0.427. The van der Waals surface area contributed by atoms with E-state index in [0.717, 1.165) is 15.9 Å². The Morgan fingerprint density at radius 2 is 2.31 bits per heavy atom. The lowest BCUT2D eigenvalue weighted by atomic mass is 9.92. The highest BCUT2D eigenvalue weighted by Crippen LogP contribution is 2.24. The lowest BCUT2D eigenvalue weighted by molar-refractivity contribution is -0.456. The van der Waals surface area contributed by atoms with Gasteiger partial charge in [0.2, 0.25) is 0 Å². The highest BCUT2D eigenvalue weighted by Gasteiger charge is 2.30. The van der Waals surface area contributed by atoms with E-state index in [4.69, 9.17) is 4.74 Å². The number of fused-ring (bicyclic) bond motifs is 1. The third-order valence-electron chi connectivity index (χ3n) is 2.59. The fourth-order valence-corrected chi connectivity index (χ4v) is 1.88. The summed E-state index contributed by atoms with van der Waals surface area (Å²) in [5, 5.41) is 11.4. The molecule has 0 aliphatic carbocycles. The molecule has 4 heteroatoms. The first-order chi connectivity index (χ1) is 7.72. The molecule has 1 aliphatic rings. The first kappa shape index (κ1) is 10.7. The van der Waals surface area contributed by atoms with E-state index in [9.17, 15) is 10.0 Å². The normalized spacial score (nSPS) is 18.6. The molecule has 1 aliphatic heterocycles. The van der Waals surface area contributed by atoms with Crippen LogP contribution < -0.4 is 0 Å². The Hall–Kier alpha value is -1.84. The summed E-state index contributed by atoms with van der Waals surface area (Å²) < 4.78 is 5.75. The summed E-state index contributed by atoms with van der Waals surface area (Å²) in [6, 6.07) is 7.39. The second-order valence-corrected chi connectivity index (χ2v) is 3.66. The van der Waals surface area contributed by atoms with Gasteiger partial charge in [0.15, 0.2) is 12.8 Å². The number of hydrogen-bond acceptors (Lipinski definition) is 3. The van der Waals surface area contributed by atoms with Gasteiger partial charge in [0.05, 0.1) is 6.61 Å². The highest BCUT2D eigenvalue weighted by molar-refractivity contribution is 5.86. The van der Waals surface area contributed by atoms with Crippen LogP contribution in [0.25, 0.3) is 0 Å². The Morgan fingerprint density at radius 1 is 1.56 bits per heavy atom. The van der Waals surface area contributed by atoms with Gasteiger partial charge in [0.1, 0.15) is 5.92 Å². The van der Waals surface area contributed by atoms with Crippen LogP contribution in [0.15, 0.2) is 24.3 Å². The van der Waals surface area contributed by atoms with Gasteiger partial charge in [-0.25, -0.2) is 4.74 Å². The van der Waals surface area contributed by atoms with Crippen LogP contribution in [0.3, 0.4) is 0 Å². The summed E-state index contributed by atoms with van der Waals surface area (Å²) in [4.78, 5) is 11.7. The Kier molecular flexibility index (Phi) is 2.90. The average molecular weight is 219 g/mol. The number of ether oxygens (including phenoxy) is 1. The minimum Gasteiger partial charge on any atom is -0.624 e. The van der Waals surface area contributed by atoms with E-state index in [0.29, 0.717) is 6.61 Å². The molecule has 0 fully saturated rings. The topological polar surface area (TPSA) is 52.4 Å². The number of carbonyl (C=O) groups is 1. The van der Waals surface area contributed by atoms with E-state index in [1.165, 1.54) is 6.21 Å². The van der Waals surface area contributed by atoms with Gasteiger partial charge < -0.3 is 9.94 Å². The zero-order valence-electron chi connectivity index (χ0n) is 9.05. The van der Waals surface area contributed by atoms with E-state index in [1.54, 1.807) is 6.92 Å². The summed E-state index contributed by atoms with van der Waals surface area (Å²) in [7, 11) is 0. The van der Waals surface area contributed by atoms with Crippen LogP contribution in [0.1, 0.15) is 24.0 Å². The van der Waals surface area contributed by atoms with Gasteiger partial charge in [0, 0.05) is 5.56 Å². The molecular formula is C12H13NO3. The smallest absolute Gasteiger partial charge is 0.319 e. The number of benzene rings is 1. The molecular weight excluding hydrogens is 206 g/mol. The Morgan fingerprint density at radius 3 is 3.06 bits per heavy atom. The highest BCUT2D eigenvalue weighted by atomic mass is 16.5. The van der Waals surface area contributed by atoms with Gasteiger partial charge in [-0.15, -0.1) is 0 Å². The third kappa shape index (κ3) is 1.91. The van der Waals surface area contributed by atoms with Crippen molar-refractivity contribution in [2.24, 2.45) is 0 Å². The van der Waals surface area contributed by atoms with Crippen LogP contribution >= 0.6 is 0 Å². The van der Waals surface area contributed by atoms with E-state index >= 15 is 0 Å². The lowest BCUT2D eigenvalue weighted by Gasteiger charge is -2.20. The van der Waals surface area contributed by atoms with Crippen molar-refractivity contribution in [2.75, 3.05) is 13.2 Å². The van der Waals surface area contributed by atoms with Crippen molar-refractivity contribution in [2.45, 2.75) is 12.8 Å². The molecule has 1 aromatic carbocycles. The van der Waals surface area contributed by atoms with E-state index < -0.39 is 5.92 Å². The van der Waals surface area contributed by atoms with Gasteiger partial charge >= 0.3 is 5.97 Å². The summed E-state index contributed by atoms with van der Waals surface area (Å²) in [5.41, 5.74) is 1.66. The molecule has 0 bridgehead atoms. The predicted octanol–water partition coefficient (Wildman–Crippen LogP) is 1.28. The first-order valence-electron chi connectivity index (χ1n) is 5.26. The number of nitrogens with zero attached hydrogens (tertiary/aromatic N) is 1. The summed E-state index contributed by atoms with van der Waals surface area (Å²) in [6.07, 6.45) is 1.51. The fourth-order valence-electron chi connectivity index (χ4n) is 1.88. The summed E-state index contributed by atoms with van der Waals surface area (Å²) in [6.45, 7) is 2.23. The first-order valence-corrected chi connectivity index (χ1v) is 5.26. The lowest BCUT2D eigenvalue weighted by Crippen LogP contribution is -2.29. The third-order valence-corrected chi connectivity index (χ3v) is 2.59. The molecule has 0 N–H and O–H groups in total. The number of hydrogen-bond donors (Lipinski definition) is 0. The Labute approximate surface area is 93.7 Å². The van der Waals surface area contributed by atoms with Crippen LogP contribution in [-0.2, 0) is 9.53 Å². The van der Waals surface area contributed by atoms with E-state index in [1.807, 2.05) is 24.3 Å². The van der Waals surface area contributed by atoms with Gasteiger partial charge in [-0.3, -0.25) is 4.79 Å². The molecule has 1 atom stereocenters. The van der Waals surface area contributed by atoms with Crippen molar-refractivity contribution >= 4 is 12.2 Å². The molecule has 1 unspecified atom stereocenters. The number of rotatable bonds is 2. The number of carbonyl (C=O) groups excluding carboxylic acids is 1. The maximum Gasteiger partial charge on any atom is 0.319 e. The minimum atomic E-state index is -0.473. The molecule has 4 nitrogen and oxygen atoms in total. The van der Waals surface area contributed by atoms with Gasteiger partial charge in [-0.05, 0) is 18.6 Å². The van der Waals surface area contributed by atoms with Gasteiger partial charge in [0.25, 0.3) is 0 Å². The molecule has 1 aromatic rings. The standard InChI is InChI=1S/C12H13NO3/c1-2-16-12(14)11-8-13(15)7-9-5-3-4-6-10(9)11/h3-7,11H,2,8H2,1H3. The molecule has 0 saturated carbocycles. The molecule has 0 spiro atoms. The average Bonchev–Trinajstić information content (AvgIpc) is 2.28. The molecule has 0 aromatic heterocycles. The molecule has 2 rings (SSSR count). The molecule has 84 valence electrons. The van der Waals surface area contributed by atoms with Crippen molar-refractivity contribution in [1.29, 1.82) is 0 Å². The monoisotopic (exact) mass is 219 g/mol. The zero-order chi connectivity index (χ0) is 11.5. The molecule has 1 heterocycles. The Bertz CT molecular complexity index is 440. The van der Waals surface area contributed by atoms with Crippen LogP contribution in [0.4, 0.5) is 0 Å². The van der Waals surface area contributed by atoms with Crippen molar-refractivity contribution in [1.82, 2.24) is 0 Å². The fraction of sp³-hybridized carbons (Fsp3) is 0.333. The zero-order valence-corrected chi connectivity index (χ0v) is 9.05. The molecule has 0 saturated heterocycles. The van der Waals surface area contributed by atoms with E-state index in [2.05, 4.69) is 0 Å². The van der Waals surface area contributed by atoms with Crippen molar-refractivity contribution in [3.8, 4) is 0 Å². The summed E-state index contributed by atoms with van der Waals surface area (Å²) in [5.74, 6) is -0.803. The van der Waals surface area contributed by atoms with Crippen LogP contribution in [-0.4, -0.2) is 30.1 Å². The van der Waals surface area contributed by atoms with Gasteiger partial charge in [-0.1, -0.05) is 18.2 Å². The predicted molar refractivity (Wildman–Crippen MR) is 59.5 cm³/mol. The van der Waals surface area contributed by atoms with Crippen LogP contribution in [0.5, 0.6) is 0 Å². The maximum atomic E-state index is 11.7. The number of esters is 1. The van der Waals surface area contributed by atoms with Crippen molar-refractivity contribution < 1.29 is 14.3 Å². The van der Waals surface area contributed by atoms with Gasteiger partial charge in [-0.2, -0.15) is 0 Å². The molecule has 0 radical (unpaired) electrons. The van der Waals surface area contributed by atoms with Crippen molar-refractivity contribution in [3.05, 3.63) is 40.6 Å². The maximum absolute atomic E-state index is 11.7. The minimum absolute atomic E-state index is 0.135. The Balaban J connectivity index is 2.36. The number of hydroxylamine groups is 1. The van der Waals surface area contributed by atoms with E-state index in [-0.39, 0.29) is 12.5 Å². The second-order valence-electron chi connectivity index (χ2n) is 3.66. The molecule has 16 heavy (non-hydrogen) atoms. The van der Waals surface area contributed by atoms with Crippen LogP contribution in [0.2, 0.25) is 0 Å². The van der Waals surface area contributed by atoms with Crippen molar-refractivity contribution in [3.63, 3.8) is 0 Å². The molecule has 0 amide bonds. The van der Waals surface area contributed by atoms with Crippen LogP contribution in [0, 0.1) is 5.21 Å². The second kappa shape index (κ2) is 4.35. The SMILES string of the molecule is CCOC(=O)C1C[N+]([O-])=Cc2ccccc21.